The van der Waals surface area contributed by atoms with Crippen LogP contribution in [0.25, 0.3) is 5.65 Å². The Morgan fingerprint density at radius 2 is 1.59 bits per heavy atom. The maximum atomic E-state index is 13.2. The van der Waals surface area contributed by atoms with Crippen molar-refractivity contribution in [1.82, 2.24) is 24.1 Å². The predicted molar refractivity (Wildman–Crippen MR) is 148 cm³/mol. The van der Waals surface area contributed by atoms with Gasteiger partial charge in [0.25, 0.3) is 5.91 Å². The third-order valence-corrected chi connectivity index (χ3v) is 7.67. The summed E-state index contributed by atoms with van der Waals surface area (Å²) < 4.78 is 45.8. The molecule has 3 aromatic rings. The second kappa shape index (κ2) is 11.3. The molecule has 2 aromatic heterocycles. The van der Waals surface area contributed by atoms with Gasteiger partial charge < -0.3 is 18.9 Å². The molecule has 0 N–H and O–H groups in total. The van der Waals surface area contributed by atoms with Crippen LogP contribution in [-0.4, -0.2) is 81.0 Å². The number of fused-ring (bicyclic) bond motifs is 1. The number of alkyl halides is 3. The fourth-order valence-electron chi connectivity index (χ4n) is 5.40. The van der Waals surface area contributed by atoms with Crippen molar-refractivity contribution in [2.75, 3.05) is 39.3 Å². The van der Waals surface area contributed by atoms with E-state index in [-0.39, 0.29) is 12.0 Å². The number of hydrogen-bond donors (Lipinski definition) is 0. The van der Waals surface area contributed by atoms with Crippen LogP contribution in [0.15, 0.2) is 48.8 Å². The van der Waals surface area contributed by atoms with Crippen molar-refractivity contribution in [3.63, 3.8) is 0 Å². The predicted octanol–water partition coefficient (Wildman–Crippen LogP) is 5.43. The molecule has 0 saturated carbocycles. The van der Waals surface area contributed by atoms with Crippen molar-refractivity contribution in [3.05, 3.63) is 71.2 Å². The van der Waals surface area contributed by atoms with Crippen molar-refractivity contribution < 1.29 is 27.5 Å². The Morgan fingerprint density at radius 3 is 2.20 bits per heavy atom. The van der Waals surface area contributed by atoms with Gasteiger partial charge in [0.15, 0.2) is 0 Å². The molecule has 220 valence electrons. The quantitative estimate of drug-likeness (QED) is 0.418. The molecule has 2 amide bonds. The van der Waals surface area contributed by atoms with Gasteiger partial charge in [-0.05, 0) is 74.9 Å². The number of benzene rings is 1. The summed E-state index contributed by atoms with van der Waals surface area (Å²) in [5, 5.41) is 0. The lowest BCUT2D eigenvalue weighted by Crippen LogP contribution is -2.48. The number of pyridine rings is 1. The molecular formula is C30H36F3N5O3. The van der Waals surface area contributed by atoms with Gasteiger partial charge >= 0.3 is 12.3 Å². The van der Waals surface area contributed by atoms with Crippen molar-refractivity contribution >= 4 is 17.6 Å². The molecule has 1 aromatic carbocycles. The van der Waals surface area contributed by atoms with Gasteiger partial charge in [0.1, 0.15) is 16.9 Å². The Labute approximate surface area is 237 Å². The molecule has 41 heavy (non-hydrogen) atoms. The highest BCUT2D eigenvalue weighted by Gasteiger charge is 2.31. The molecule has 2 aliphatic rings. The van der Waals surface area contributed by atoms with Gasteiger partial charge in [-0.1, -0.05) is 12.1 Å². The molecule has 2 aliphatic heterocycles. The van der Waals surface area contributed by atoms with E-state index in [0.717, 1.165) is 36.1 Å². The Bertz CT molecular complexity index is 1380. The maximum absolute atomic E-state index is 13.2. The molecule has 0 aliphatic carbocycles. The highest BCUT2D eigenvalue weighted by molar-refractivity contribution is 5.93. The number of amides is 2. The summed E-state index contributed by atoms with van der Waals surface area (Å²) in [5.41, 5.74) is 1.88. The van der Waals surface area contributed by atoms with E-state index < -0.39 is 17.3 Å². The van der Waals surface area contributed by atoms with E-state index in [2.05, 4.69) is 16.0 Å². The average Bonchev–Trinajstić information content (AvgIpc) is 3.36. The Kier molecular flexibility index (Phi) is 8.00. The van der Waals surface area contributed by atoms with Crippen molar-refractivity contribution in [2.45, 2.75) is 57.9 Å². The molecule has 4 heterocycles. The normalized spacial score (nSPS) is 17.7. The zero-order valence-corrected chi connectivity index (χ0v) is 23.7. The van der Waals surface area contributed by atoms with Gasteiger partial charge in [-0.3, -0.25) is 9.69 Å². The standard InChI is InChI=1S/C30H36F3N5O3/c1-29(2,3)41-28(40)37-11-8-22(9-12-37)23-10-13-38-20-25(34-26(38)18-23)27(39)36-16-14-35(15-17-36)19-21-4-6-24(7-5-21)30(31,32)33/h4-7,10,13,18,20,22H,8-9,11-12,14-17,19H2,1-3H3. The highest BCUT2D eigenvalue weighted by Crippen LogP contribution is 2.30. The number of carbonyl (C=O) groups excluding carboxylic acids is 2. The lowest BCUT2D eigenvalue weighted by Gasteiger charge is -2.34. The summed E-state index contributed by atoms with van der Waals surface area (Å²) in [6.07, 6.45) is 0.725. The zero-order valence-electron chi connectivity index (χ0n) is 23.7. The van der Waals surface area contributed by atoms with Crippen LogP contribution >= 0.6 is 0 Å². The summed E-state index contributed by atoms with van der Waals surface area (Å²) in [7, 11) is 0. The minimum absolute atomic E-state index is 0.130. The van der Waals surface area contributed by atoms with E-state index in [1.54, 1.807) is 16.0 Å². The van der Waals surface area contributed by atoms with E-state index in [9.17, 15) is 22.8 Å². The molecule has 11 heteroatoms. The molecule has 2 fully saturated rings. The fourth-order valence-corrected chi connectivity index (χ4v) is 5.40. The van der Waals surface area contributed by atoms with Crippen LogP contribution in [0.5, 0.6) is 0 Å². The topological polar surface area (TPSA) is 70.4 Å². The summed E-state index contributed by atoms with van der Waals surface area (Å²) in [4.78, 5) is 35.9. The number of piperazine rings is 1. The van der Waals surface area contributed by atoms with Crippen molar-refractivity contribution in [2.24, 2.45) is 0 Å². The second-order valence-corrected chi connectivity index (χ2v) is 11.9. The van der Waals surface area contributed by atoms with Gasteiger partial charge in [0.2, 0.25) is 0 Å². The number of ether oxygens (including phenoxy) is 1. The van der Waals surface area contributed by atoms with Gasteiger partial charge in [0, 0.05) is 58.2 Å². The number of piperidine rings is 1. The number of aromatic nitrogens is 2. The lowest BCUT2D eigenvalue weighted by molar-refractivity contribution is -0.137. The van der Waals surface area contributed by atoms with Gasteiger partial charge in [-0.25, -0.2) is 9.78 Å². The van der Waals surface area contributed by atoms with Gasteiger partial charge in [-0.15, -0.1) is 0 Å². The van der Waals surface area contributed by atoms with Gasteiger partial charge in [-0.2, -0.15) is 13.2 Å². The smallest absolute Gasteiger partial charge is 0.416 e. The maximum Gasteiger partial charge on any atom is 0.416 e. The molecular weight excluding hydrogens is 535 g/mol. The lowest BCUT2D eigenvalue weighted by atomic mass is 9.90. The first-order chi connectivity index (χ1) is 19.4. The van der Waals surface area contributed by atoms with E-state index in [1.165, 1.54) is 12.1 Å². The van der Waals surface area contributed by atoms with Crippen LogP contribution in [-0.2, 0) is 17.5 Å². The molecule has 5 rings (SSSR count). The second-order valence-electron chi connectivity index (χ2n) is 11.9. The SMILES string of the molecule is CC(C)(C)OC(=O)N1CCC(c2ccn3cc(C(=O)N4CCN(Cc5ccc(C(F)(F)F)cc5)CC4)nc3c2)CC1. The number of likely N-dealkylation sites (tertiary alicyclic amines) is 1. The highest BCUT2D eigenvalue weighted by atomic mass is 19.4. The number of hydrogen-bond acceptors (Lipinski definition) is 5. The summed E-state index contributed by atoms with van der Waals surface area (Å²) >= 11 is 0. The molecule has 0 unspecified atom stereocenters. The van der Waals surface area contributed by atoms with Crippen LogP contribution in [0.2, 0.25) is 0 Å². The molecule has 0 radical (unpaired) electrons. The van der Waals surface area contributed by atoms with E-state index in [4.69, 9.17) is 4.74 Å². The number of rotatable bonds is 4. The first-order valence-corrected chi connectivity index (χ1v) is 14.0. The van der Waals surface area contributed by atoms with Crippen LogP contribution in [0.3, 0.4) is 0 Å². The van der Waals surface area contributed by atoms with Crippen LogP contribution in [0, 0.1) is 0 Å². The van der Waals surface area contributed by atoms with E-state index in [0.29, 0.717) is 63.1 Å². The average molecular weight is 572 g/mol. The van der Waals surface area contributed by atoms with Crippen LogP contribution in [0.4, 0.5) is 18.0 Å². The summed E-state index contributed by atoms with van der Waals surface area (Å²) in [5.74, 6) is 0.169. The molecule has 0 spiro atoms. The van der Waals surface area contributed by atoms with Crippen LogP contribution in [0.1, 0.15) is 66.7 Å². The fraction of sp³-hybridized carbons (Fsp3) is 0.500. The van der Waals surface area contributed by atoms with Gasteiger partial charge in [0.05, 0.1) is 5.56 Å². The molecule has 0 bridgehead atoms. The molecule has 2 saturated heterocycles. The zero-order chi connectivity index (χ0) is 29.4. The van der Waals surface area contributed by atoms with Crippen molar-refractivity contribution in [1.29, 1.82) is 0 Å². The third-order valence-electron chi connectivity index (χ3n) is 7.67. The number of halogens is 3. The van der Waals surface area contributed by atoms with E-state index in [1.807, 2.05) is 37.4 Å². The minimum Gasteiger partial charge on any atom is -0.444 e. The number of imidazole rings is 1. The number of carbonyl (C=O) groups is 2. The summed E-state index contributed by atoms with van der Waals surface area (Å²) in [6, 6.07) is 9.31. The Balaban J connectivity index is 1.15. The third kappa shape index (κ3) is 7.01. The summed E-state index contributed by atoms with van der Waals surface area (Å²) in [6.45, 7) is 9.70. The molecule has 8 nitrogen and oxygen atoms in total. The van der Waals surface area contributed by atoms with Crippen LogP contribution < -0.4 is 0 Å². The Morgan fingerprint density at radius 1 is 0.927 bits per heavy atom. The monoisotopic (exact) mass is 571 g/mol. The number of nitrogens with zero attached hydrogens (tertiary/aromatic N) is 5. The Hall–Kier alpha value is -3.60. The van der Waals surface area contributed by atoms with E-state index >= 15 is 0 Å². The van der Waals surface area contributed by atoms with Crippen molar-refractivity contribution in [3.8, 4) is 0 Å². The largest absolute Gasteiger partial charge is 0.444 e. The molecule has 0 atom stereocenters. The first kappa shape index (κ1) is 28.9. The first-order valence-electron chi connectivity index (χ1n) is 14.0. The minimum atomic E-state index is -4.34.